The summed E-state index contributed by atoms with van der Waals surface area (Å²) in [6.45, 7) is 10.3. The third-order valence-electron chi connectivity index (χ3n) is 3.16. The van der Waals surface area contributed by atoms with Crippen LogP contribution in [0.25, 0.3) is 11.1 Å². The van der Waals surface area contributed by atoms with Gasteiger partial charge >= 0.3 is 11.9 Å². The van der Waals surface area contributed by atoms with E-state index >= 15 is 0 Å². The molecule has 5 heteroatoms. The van der Waals surface area contributed by atoms with Gasteiger partial charge in [0, 0.05) is 11.1 Å². The summed E-state index contributed by atoms with van der Waals surface area (Å²) in [4.78, 5) is 22.9. The summed E-state index contributed by atoms with van der Waals surface area (Å²) in [5.74, 6) is 0.00961. The predicted molar refractivity (Wildman–Crippen MR) is 99.8 cm³/mol. The maximum Gasteiger partial charge on any atom is 0.338 e. The minimum absolute atomic E-state index is 0.346. The highest BCUT2D eigenvalue weighted by molar-refractivity contribution is 5.89. The Morgan fingerprint density at radius 3 is 1.19 bits per heavy atom. The molecular formula is C21H21FO4. The fraction of sp³-hybridized carbons (Fsp3) is 0.143. The number of carbonyl (C=O) groups is 2. The van der Waals surface area contributed by atoms with Crippen molar-refractivity contribution < 1.29 is 23.5 Å². The summed E-state index contributed by atoms with van der Waals surface area (Å²) >= 11 is 0. The van der Waals surface area contributed by atoms with Crippen LogP contribution in [0.2, 0.25) is 0 Å². The Bertz CT molecular complexity index is 720. The van der Waals surface area contributed by atoms with E-state index in [4.69, 9.17) is 9.47 Å². The second-order valence-corrected chi connectivity index (χ2v) is 5.39. The number of hydrogen-bond acceptors (Lipinski definition) is 4. The average Bonchev–Trinajstić information content (AvgIpc) is 2.64. The molecule has 0 aliphatic heterocycles. The molecule has 0 spiro atoms. The molecule has 0 saturated heterocycles. The second kappa shape index (κ2) is 9.93. The van der Waals surface area contributed by atoms with Crippen molar-refractivity contribution in [3.63, 3.8) is 0 Å². The Balaban J connectivity index is 0.00000163. The van der Waals surface area contributed by atoms with E-state index in [1.54, 1.807) is 38.1 Å². The molecule has 2 aromatic carbocycles. The first-order chi connectivity index (χ1) is 12.4. The number of ether oxygens (including phenoxy) is 2. The molecule has 0 amide bonds. The zero-order valence-corrected chi connectivity index (χ0v) is 15.0. The van der Waals surface area contributed by atoms with Gasteiger partial charge in [-0.15, -0.1) is 0 Å². The maximum absolute atomic E-state index is 11.5. The molecule has 26 heavy (non-hydrogen) atoms. The Hall–Kier alpha value is -3.21. The zero-order valence-electron chi connectivity index (χ0n) is 15.0. The topological polar surface area (TPSA) is 52.6 Å². The molecule has 2 aromatic rings. The zero-order chi connectivity index (χ0) is 19.7. The van der Waals surface area contributed by atoms with Crippen molar-refractivity contribution in [3.8, 4) is 22.6 Å². The number of hydrogen-bond donors (Lipinski definition) is 0. The Morgan fingerprint density at radius 1 is 0.692 bits per heavy atom. The number of benzene rings is 2. The minimum Gasteiger partial charge on any atom is -0.423 e. The van der Waals surface area contributed by atoms with Crippen LogP contribution < -0.4 is 9.47 Å². The van der Waals surface area contributed by atoms with Gasteiger partial charge in [-0.3, -0.25) is 4.39 Å². The van der Waals surface area contributed by atoms with Crippen LogP contribution in [0.3, 0.4) is 0 Å². The number of rotatable bonds is 5. The third kappa shape index (κ3) is 6.02. The maximum atomic E-state index is 11.5. The van der Waals surface area contributed by atoms with Crippen LogP contribution in [0.1, 0.15) is 13.8 Å². The summed E-state index contributed by atoms with van der Waals surface area (Å²) in [7, 11) is 0.500. The van der Waals surface area contributed by atoms with E-state index in [1.807, 2.05) is 24.3 Å². The van der Waals surface area contributed by atoms with Gasteiger partial charge in [-0.2, -0.15) is 0 Å². The van der Waals surface area contributed by atoms with Gasteiger partial charge in [-0.1, -0.05) is 37.4 Å². The quantitative estimate of drug-likeness (QED) is 0.434. The van der Waals surface area contributed by atoms with Gasteiger partial charge < -0.3 is 9.47 Å². The second-order valence-electron chi connectivity index (χ2n) is 5.39. The normalized spacial score (nSPS) is 9.38. The van der Waals surface area contributed by atoms with E-state index < -0.39 is 11.9 Å². The van der Waals surface area contributed by atoms with Gasteiger partial charge in [0.05, 0.1) is 7.18 Å². The van der Waals surface area contributed by atoms with Gasteiger partial charge in [0.25, 0.3) is 0 Å². The van der Waals surface area contributed by atoms with E-state index in [1.165, 1.54) is 0 Å². The van der Waals surface area contributed by atoms with Crippen molar-refractivity contribution in [1.82, 2.24) is 0 Å². The Kier molecular flexibility index (Phi) is 7.96. The van der Waals surface area contributed by atoms with Gasteiger partial charge in [-0.05, 0) is 49.2 Å². The van der Waals surface area contributed by atoms with Crippen molar-refractivity contribution in [2.45, 2.75) is 13.8 Å². The van der Waals surface area contributed by atoms with Gasteiger partial charge in [0.2, 0.25) is 0 Å². The number of esters is 2. The molecule has 0 heterocycles. The molecule has 0 saturated carbocycles. The monoisotopic (exact) mass is 356 g/mol. The van der Waals surface area contributed by atoms with Crippen LogP contribution in [-0.4, -0.2) is 19.1 Å². The molecule has 0 bridgehead atoms. The van der Waals surface area contributed by atoms with Crippen molar-refractivity contribution in [3.05, 3.63) is 72.8 Å². The Morgan fingerprint density at radius 2 is 0.962 bits per heavy atom. The molecule has 0 atom stereocenters. The lowest BCUT2D eigenvalue weighted by molar-refractivity contribution is -0.130. The van der Waals surface area contributed by atoms with E-state index in [0.29, 0.717) is 29.8 Å². The van der Waals surface area contributed by atoms with E-state index in [9.17, 15) is 14.0 Å². The first-order valence-electron chi connectivity index (χ1n) is 7.70. The third-order valence-corrected chi connectivity index (χ3v) is 3.16. The van der Waals surface area contributed by atoms with Crippen LogP contribution in [0.15, 0.2) is 72.8 Å². The van der Waals surface area contributed by atoms with Crippen molar-refractivity contribution in [1.29, 1.82) is 0 Å². The fourth-order valence-corrected chi connectivity index (χ4v) is 1.82. The van der Waals surface area contributed by atoms with Gasteiger partial charge in [-0.25, -0.2) is 9.59 Å². The average molecular weight is 356 g/mol. The lowest BCUT2D eigenvalue weighted by Crippen LogP contribution is -2.08. The first-order valence-corrected chi connectivity index (χ1v) is 7.70. The van der Waals surface area contributed by atoms with E-state index in [0.717, 1.165) is 11.1 Å². The fourth-order valence-electron chi connectivity index (χ4n) is 1.82. The molecule has 4 nitrogen and oxygen atoms in total. The van der Waals surface area contributed by atoms with E-state index in [2.05, 4.69) is 13.2 Å². The summed E-state index contributed by atoms with van der Waals surface area (Å²) < 4.78 is 19.8. The molecule has 0 radical (unpaired) electrons. The van der Waals surface area contributed by atoms with E-state index in [-0.39, 0.29) is 0 Å². The van der Waals surface area contributed by atoms with Gasteiger partial charge in [0.15, 0.2) is 0 Å². The van der Waals surface area contributed by atoms with Crippen LogP contribution in [0.5, 0.6) is 11.5 Å². The lowest BCUT2D eigenvalue weighted by atomic mass is 10.1. The summed E-state index contributed by atoms with van der Waals surface area (Å²) in [5.41, 5.74) is 2.59. The molecule has 2 rings (SSSR count). The highest BCUT2D eigenvalue weighted by Gasteiger charge is 2.07. The molecular weight excluding hydrogens is 335 g/mol. The summed E-state index contributed by atoms with van der Waals surface area (Å²) in [6, 6.07) is 14.2. The number of alkyl halides is 1. The molecule has 0 N–H and O–H groups in total. The first kappa shape index (κ1) is 20.8. The standard InChI is InChI=1S/C20H18O4.CH3F/c1-13(2)19(21)23-17-9-5-15(6-10-17)16-7-11-18(12-8-16)24-20(22)14(3)4;1-2/h5-12H,1,3H2,2,4H3;1H3. The SMILES string of the molecule is C=C(C)C(=O)Oc1ccc(-c2ccc(OC(=O)C(=C)C)cc2)cc1.CF. The van der Waals surface area contributed by atoms with Crippen LogP contribution in [0, 0.1) is 0 Å². The smallest absolute Gasteiger partial charge is 0.338 e. The molecule has 0 unspecified atom stereocenters. The minimum atomic E-state index is -0.452. The molecule has 0 aromatic heterocycles. The molecule has 0 aliphatic carbocycles. The predicted octanol–water partition coefficient (Wildman–Crippen LogP) is 4.90. The number of halogens is 1. The summed E-state index contributed by atoms with van der Waals surface area (Å²) in [5, 5.41) is 0. The summed E-state index contributed by atoms with van der Waals surface area (Å²) in [6.07, 6.45) is 0. The van der Waals surface area contributed by atoms with Crippen LogP contribution in [0.4, 0.5) is 4.39 Å². The highest BCUT2D eigenvalue weighted by atomic mass is 19.1. The van der Waals surface area contributed by atoms with Crippen molar-refractivity contribution >= 4 is 11.9 Å². The number of carbonyl (C=O) groups excluding carboxylic acids is 2. The van der Waals surface area contributed by atoms with Gasteiger partial charge in [0.1, 0.15) is 11.5 Å². The lowest BCUT2D eigenvalue weighted by Gasteiger charge is -2.07. The molecule has 0 fully saturated rings. The van der Waals surface area contributed by atoms with Crippen molar-refractivity contribution in [2.75, 3.05) is 7.18 Å². The largest absolute Gasteiger partial charge is 0.423 e. The molecule has 136 valence electrons. The van der Waals surface area contributed by atoms with Crippen LogP contribution in [-0.2, 0) is 9.59 Å². The Labute approximate surface area is 152 Å². The molecule has 0 aliphatic rings. The highest BCUT2D eigenvalue weighted by Crippen LogP contribution is 2.25. The van der Waals surface area contributed by atoms with Crippen LogP contribution >= 0.6 is 0 Å². The van der Waals surface area contributed by atoms with Crippen molar-refractivity contribution in [2.24, 2.45) is 0 Å².